The summed E-state index contributed by atoms with van der Waals surface area (Å²) in [5.41, 5.74) is 8.52. The minimum atomic E-state index is 0.151. The van der Waals surface area contributed by atoms with Crippen LogP contribution in [0.1, 0.15) is 89.3 Å². The maximum atomic E-state index is 2.73. The molecule has 1 atom stereocenters. The molecule has 0 N–H and O–H groups in total. The second-order valence-electron chi connectivity index (χ2n) is 10.5. The smallest absolute Gasteiger partial charge is 0.367 e. The van der Waals surface area contributed by atoms with Gasteiger partial charge in [0.05, 0.1) is 12.6 Å². The van der Waals surface area contributed by atoms with Crippen LogP contribution < -0.4 is 14.8 Å². The normalized spacial score (nSPS) is 14.1. The van der Waals surface area contributed by atoms with Crippen molar-refractivity contribution in [3.8, 4) is 11.4 Å². The zero-order chi connectivity index (χ0) is 23.9. The molecule has 1 aliphatic heterocycles. The predicted molar refractivity (Wildman–Crippen MR) is 143 cm³/mol. The van der Waals surface area contributed by atoms with Gasteiger partial charge in [-0.1, -0.05) is 77.8 Å². The van der Waals surface area contributed by atoms with Gasteiger partial charge in [-0.3, -0.25) is 4.48 Å². The summed E-state index contributed by atoms with van der Waals surface area (Å²) in [7, 11) is 2.19. The van der Waals surface area contributed by atoms with E-state index in [0.717, 1.165) is 0 Å². The maximum absolute atomic E-state index is 2.73. The van der Waals surface area contributed by atoms with Crippen LogP contribution in [-0.4, -0.2) is 17.6 Å². The second-order valence-corrected chi connectivity index (χ2v) is 10.5. The molecule has 0 spiro atoms. The third-order valence-corrected chi connectivity index (χ3v) is 7.44. The lowest BCUT2D eigenvalue weighted by molar-refractivity contribution is -0.524. The molecular weight excluding hydrogens is 401 g/mol. The lowest BCUT2D eigenvalue weighted by atomic mass is 9.57. The summed E-state index contributed by atoms with van der Waals surface area (Å²) in [4.78, 5) is 2.73. The second kappa shape index (κ2) is 9.40. The van der Waals surface area contributed by atoms with Gasteiger partial charge in [0, 0.05) is 17.2 Å². The van der Waals surface area contributed by atoms with Gasteiger partial charge in [-0.05, 0) is 54.9 Å². The molecule has 1 unspecified atom stereocenters. The summed E-state index contributed by atoms with van der Waals surface area (Å²) in [6, 6.07) is 14.3. The van der Waals surface area contributed by atoms with Crippen molar-refractivity contribution >= 4 is 18.1 Å². The number of rotatable bonds is 7. The number of fused-ring (bicyclic) bond motifs is 3. The zero-order valence-corrected chi connectivity index (χ0v) is 21.9. The van der Waals surface area contributed by atoms with Gasteiger partial charge in [-0.15, -0.1) is 0 Å². The van der Waals surface area contributed by atoms with Crippen LogP contribution in [0.15, 0.2) is 48.8 Å². The highest BCUT2D eigenvalue weighted by molar-refractivity contribution is 6.71. The zero-order valence-electron chi connectivity index (χ0n) is 21.9. The van der Waals surface area contributed by atoms with Gasteiger partial charge < -0.3 is 4.81 Å². The predicted octanol–water partition coefficient (Wildman–Crippen LogP) is 6.18. The Morgan fingerprint density at radius 1 is 0.939 bits per heavy atom. The molecule has 1 aliphatic rings. The van der Waals surface area contributed by atoms with Crippen molar-refractivity contribution in [1.82, 2.24) is 4.57 Å². The molecule has 2 aromatic carbocycles. The van der Waals surface area contributed by atoms with Gasteiger partial charge in [0.2, 0.25) is 0 Å². The summed E-state index contributed by atoms with van der Waals surface area (Å²) < 4.78 is 4.85. The first-order valence-corrected chi connectivity index (χ1v) is 12.8. The van der Waals surface area contributed by atoms with Gasteiger partial charge in [0.25, 0.3) is 5.82 Å². The monoisotopic (exact) mass is 442 g/mol. The largest absolute Gasteiger partial charge is 0.538 e. The quantitative estimate of drug-likeness (QED) is 0.398. The highest BCUT2D eigenvalue weighted by atomic mass is 15.3. The Hall–Kier alpha value is -2.49. The minimum Gasteiger partial charge on any atom is -0.367 e. The number of hydrogen-bond donors (Lipinski definition) is 0. The van der Waals surface area contributed by atoms with E-state index in [1.54, 1.807) is 0 Å². The van der Waals surface area contributed by atoms with E-state index >= 15 is 0 Å². The molecule has 0 aliphatic carbocycles. The van der Waals surface area contributed by atoms with Gasteiger partial charge in [0.1, 0.15) is 12.4 Å². The number of aromatic nitrogens is 2. The summed E-state index contributed by atoms with van der Waals surface area (Å²) in [6.07, 6.45) is 8.21. The summed E-state index contributed by atoms with van der Waals surface area (Å²) in [5, 5.41) is 0. The molecule has 3 aromatic rings. The van der Waals surface area contributed by atoms with Crippen LogP contribution >= 0.6 is 0 Å². The Kier molecular flexibility index (Phi) is 6.74. The van der Waals surface area contributed by atoms with Gasteiger partial charge >= 0.3 is 6.98 Å². The Balaban J connectivity index is 2.07. The molecule has 0 saturated heterocycles. The Morgan fingerprint density at radius 2 is 1.58 bits per heavy atom. The number of anilines is 1. The molecule has 0 bridgehead atoms. The van der Waals surface area contributed by atoms with Crippen LogP contribution in [0.5, 0.6) is 0 Å². The molecular formula is C29H41BN3+. The number of hydrogen-bond acceptors (Lipinski definition) is 1. The number of benzene rings is 2. The lowest BCUT2D eigenvalue weighted by Crippen LogP contribution is -2.73. The number of nitrogens with zero attached hydrogens (tertiary/aromatic N) is 3. The van der Waals surface area contributed by atoms with E-state index < -0.39 is 0 Å². The van der Waals surface area contributed by atoms with Crippen molar-refractivity contribution in [2.45, 2.75) is 85.6 Å². The molecule has 174 valence electrons. The van der Waals surface area contributed by atoms with Gasteiger partial charge in [-0.2, -0.15) is 0 Å². The molecule has 0 radical (unpaired) electrons. The number of imidazole rings is 1. The Labute approximate surface area is 201 Å². The Morgan fingerprint density at radius 3 is 2.18 bits per heavy atom. The summed E-state index contributed by atoms with van der Waals surface area (Å²) in [6.45, 7) is 16.5. The highest BCUT2D eigenvalue weighted by Crippen LogP contribution is 2.38. The van der Waals surface area contributed by atoms with E-state index in [9.17, 15) is 0 Å². The topological polar surface area (TPSA) is 12.1 Å². The van der Waals surface area contributed by atoms with Crippen LogP contribution in [0.4, 0.5) is 5.69 Å². The molecule has 3 nitrogen and oxygen atoms in total. The molecule has 1 aromatic heterocycles. The van der Waals surface area contributed by atoms with Gasteiger partial charge in [-0.25, -0.2) is 4.57 Å². The average molecular weight is 442 g/mol. The molecule has 0 amide bonds. The fraction of sp³-hybridized carbons (Fsp3) is 0.483. The van der Waals surface area contributed by atoms with Crippen molar-refractivity contribution in [2.24, 2.45) is 7.05 Å². The molecule has 33 heavy (non-hydrogen) atoms. The molecule has 0 saturated carbocycles. The van der Waals surface area contributed by atoms with Crippen LogP contribution in [0, 0.1) is 6.92 Å². The Bertz CT molecular complexity index is 1100. The number of aryl methyl sites for hydroxylation is 2. The van der Waals surface area contributed by atoms with Crippen LogP contribution in [0.3, 0.4) is 0 Å². The minimum absolute atomic E-state index is 0.151. The van der Waals surface area contributed by atoms with Crippen LogP contribution in [-0.2, 0) is 7.05 Å². The van der Waals surface area contributed by atoms with E-state index in [1.165, 1.54) is 58.5 Å². The van der Waals surface area contributed by atoms with Crippen molar-refractivity contribution in [3.05, 3.63) is 65.5 Å². The fourth-order valence-corrected chi connectivity index (χ4v) is 5.72. The van der Waals surface area contributed by atoms with Crippen molar-refractivity contribution in [1.29, 1.82) is 0 Å². The molecule has 4 rings (SSSR count). The molecule has 4 heteroatoms. The van der Waals surface area contributed by atoms with E-state index in [1.807, 2.05) is 0 Å². The number of unbranched alkanes of at least 4 members (excludes halogenated alkanes) is 1. The first kappa shape index (κ1) is 23.7. The van der Waals surface area contributed by atoms with E-state index in [0.29, 0.717) is 17.9 Å². The van der Waals surface area contributed by atoms with Crippen LogP contribution in [0.2, 0.25) is 0 Å². The molecule has 0 fully saturated rings. The third kappa shape index (κ3) is 4.02. The van der Waals surface area contributed by atoms with Gasteiger partial charge in [0.15, 0.2) is 0 Å². The highest BCUT2D eigenvalue weighted by Gasteiger charge is 2.48. The van der Waals surface area contributed by atoms with Crippen LogP contribution in [0.25, 0.3) is 11.4 Å². The first-order chi connectivity index (χ1) is 15.8. The van der Waals surface area contributed by atoms with E-state index in [4.69, 9.17) is 0 Å². The summed E-state index contributed by atoms with van der Waals surface area (Å²) >= 11 is 0. The van der Waals surface area contributed by atoms with Crippen molar-refractivity contribution in [2.75, 3.05) is 4.81 Å². The van der Waals surface area contributed by atoms with Crippen molar-refractivity contribution in [3.63, 3.8) is 0 Å². The third-order valence-electron chi connectivity index (χ3n) is 7.44. The van der Waals surface area contributed by atoms with E-state index in [2.05, 4.69) is 118 Å². The standard InChI is InChI=1S/C29H41BN3/c1-9-10-14-23(7)33-26-17-11-13-22(6)27(26)29-31(8)18-19-32(29)30(33)28-24(20(2)3)15-12-16-25(28)21(4)5/h11-13,15-21,23H,9-10,14H2,1-8H3/q+1. The fourth-order valence-electron chi connectivity index (χ4n) is 5.72. The SMILES string of the molecule is CCCCC(C)N1B(c2c(C(C)C)cccc2C(C)C)[n+]2ccn(C)c2-c2c(C)cccc21. The maximum Gasteiger partial charge on any atom is 0.538 e. The first-order valence-electron chi connectivity index (χ1n) is 12.8. The van der Waals surface area contributed by atoms with E-state index in [-0.39, 0.29) is 6.98 Å². The molecule has 2 heterocycles. The van der Waals surface area contributed by atoms with Crippen molar-refractivity contribution < 1.29 is 4.48 Å². The average Bonchev–Trinajstić information content (AvgIpc) is 3.17. The summed E-state index contributed by atoms with van der Waals surface area (Å²) in [5.74, 6) is 2.25. The lowest BCUT2D eigenvalue weighted by Gasteiger charge is -2.40.